The Labute approximate surface area is 151 Å². The number of carbonyl (C=O) groups is 2. The topological polar surface area (TPSA) is 97.5 Å². The number of likely N-dealkylation sites (tertiary alicyclic amines) is 1. The van der Waals surface area contributed by atoms with Crippen molar-refractivity contribution in [3.63, 3.8) is 0 Å². The van der Waals surface area contributed by atoms with Gasteiger partial charge < -0.3 is 14.7 Å². The van der Waals surface area contributed by atoms with E-state index in [0.29, 0.717) is 25.3 Å². The maximum atomic E-state index is 12.5. The van der Waals surface area contributed by atoms with Crippen LogP contribution in [0.2, 0.25) is 0 Å². The number of carbonyl (C=O) groups excluding carboxylic acids is 1. The minimum absolute atomic E-state index is 0.119. The lowest BCUT2D eigenvalue weighted by Gasteiger charge is -2.21. The molecule has 0 spiro atoms. The molecule has 1 atom stereocenters. The lowest BCUT2D eigenvalue weighted by Crippen LogP contribution is -2.40. The Hall–Kier alpha value is -2.64. The van der Waals surface area contributed by atoms with Gasteiger partial charge in [-0.05, 0) is 44.2 Å². The SMILES string of the molecule is COc1nn(C)c2nc(C)c(CCC(=O)N3CCCC3C(=O)O)c(C)c12. The Kier molecular flexibility index (Phi) is 4.84. The minimum Gasteiger partial charge on any atom is -0.480 e. The number of fused-ring (bicyclic) bond motifs is 1. The van der Waals surface area contributed by atoms with Gasteiger partial charge in [-0.3, -0.25) is 4.79 Å². The smallest absolute Gasteiger partial charge is 0.326 e. The molecule has 3 rings (SSSR count). The van der Waals surface area contributed by atoms with Gasteiger partial charge in [0.15, 0.2) is 5.65 Å². The van der Waals surface area contributed by atoms with Crippen LogP contribution in [0.5, 0.6) is 5.88 Å². The molecule has 1 aliphatic heterocycles. The van der Waals surface area contributed by atoms with Crippen molar-refractivity contribution in [3.8, 4) is 5.88 Å². The number of aromatic nitrogens is 3. The molecular formula is C18H24N4O4. The van der Waals surface area contributed by atoms with E-state index in [1.807, 2.05) is 20.9 Å². The van der Waals surface area contributed by atoms with Gasteiger partial charge in [0.25, 0.3) is 0 Å². The van der Waals surface area contributed by atoms with E-state index < -0.39 is 12.0 Å². The quantitative estimate of drug-likeness (QED) is 0.870. The molecule has 0 bridgehead atoms. The normalized spacial score (nSPS) is 17.1. The first kappa shape index (κ1) is 18.2. The number of carboxylic acids is 1. The van der Waals surface area contributed by atoms with E-state index in [1.165, 1.54) is 4.90 Å². The predicted octanol–water partition coefficient (Wildman–Crippen LogP) is 1.60. The molecule has 8 nitrogen and oxygen atoms in total. The van der Waals surface area contributed by atoms with E-state index in [-0.39, 0.29) is 12.3 Å². The summed E-state index contributed by atoms with van der Waals surface area (Å²) < 4.78 is 7.04. The maximum Gasteiger partial charge on any atom is 0.326 e. The Bertz CT molecular complexity index is 874. The van der Waals surface area contributed by atoms with E-state index in [4.69, 9.17) is 4.74 Å². The molecule has 0 radical (unpaired) electrons. The van der Waals surface area contributed by atoms with Crippen LogP contribution >= 0.6 is 0 Å². The van der Waals surface area contributed by atoms with Gasteiger partial charge in [0.2, 0.25) is 11.8 Å². The van der Waals surface area contributed by atoms with Gasteiger partial charge in [0, 0.05) is 25.7 Å². The molecule has 140 valence electrons. The summed E-state index contributed by atoms with van der Waals surface area (Å²) in [6.07, 6.45) is 2.04. The van der Waals surface area contributed by atoms with E-state index in [2.05, 4.69) is 10.1 Å². The maximum absolute atomic E-state index is 12.5. The number of hydrogen-bond acceptors (Lipinski definition) is 5. The molecule has 2 aromatic heterocycles. The van der Waals surface area contributed by atoms with Crippen molar-refractivity contribution in [2.45, 2.75) is 45.6 Å². The van der Waals surface area contributed by atoms with Crippen molar-refractivity contribution < 1.29 is 19.4 Å². The third-order valence-electron chi connectivity index (χ3n) is 5.16. The van der Waals surface area contributed by atoms with Gasteiger partial charge in [0.05, 0.1) is 12.5 Å². The number of nitrogens with zero attached hydrogens (tertiary/aromatic N) is 4. The van der Waals surface area contributed by atoms with Gasteiger partial charge in [-0.1, -0.05) is 0 Å². The molecule has 1 unspecified atom stereocenters. The highest BCUT2D eigenvalue weighted by Gasteiger charge is 2.33. The van der Waals surface area contributed by atoms with E-state index >= 15 is 0 Å². The fourth-order valence-corrected chi connectivity index (χ4v) is 3.80. The molecule has 8 heteroatoms. The molecular weight excluding hydrogens is 336 g/mol. The zero-order chi connectivity index (χ0) is 19.0. The van der Waals surface area contributed by atoms with E-state index in [9.17, 15) is 14.7 Å². The van der Waals surface area contributed by atoms with Crippen LogP contribution in [0.4, 0.5) is 0 Å². The van der Waals surface area contributed by atoms with Crippen LogP contribution in [0.3, 0.4) is 0 Å². The molecule has 26 heavy (non-hydrogen) atoms. The lowest BCUT2D eigenvalue weighted by atomic mass is 10.00. The number of ether oxygens (including phenoxy) is 1. The van der Waals surface area contributed by atoms with Crippen molar-refractivity contribution >= 4 is 22.9 Å². The molecule has 2 aromatic rings. The molecule has 0 aromatic carbocycles. The van der Waals surface area contributed by atoms with Crippen molar-refractivity contribution in [2.24, 2.45) is 7.05 Å². The van der Waals surface area contributed by atoms with Crippen molar-refractivity contribution in [1.82, 2.24) is 19.7 Å². The monoisotopic (exact) mass is 360 g/mol. The highest BCUT2D eigenvalue weighted by molar-refractivity contribution is 5.87. The number of hydrogen-bond donors (Lipinski definition) is 1. The lowest BCUT2D eigenvalue weighted by molar-refractivity contribution is -0.148. The third-order valence-corrected chi connectivity index (χ3v) is 5.16. The van der Waals surface area contributed by atoms with Gasteiger partial charge in [0.1, 0.15) is 6.04 Å². The average Bonchev–Trinajstić information content (AvgIpc) is 3.20. The molecule has 1 fully saturated rings. The summed E-state index contributed by atoms with van der Waals surface area (Å²) in [7, 11) is 3.39. The fraction of sp³-hybridized carbons (Fsp3) is 0.556. The molecule has 1 N–H and O–H groups in total. The van der Waals surface area contributed by atoms with Crippen molar-refractivity contribution in [1.29, 1.82) is 0 Å². The second kappa shape index (κ2) is 6.93. The van der Waals surface area contributed by atoms with Crippen LogP contribution in [0, 0.1) is 13.8 Å². The summed E-state index contributed by atoms with van der Waals surface area (Å²) >= 11 is 0. The number of methoxy groups -OCH3 is 1. The average molecular weight is 360 g/mol. The summed E-state index contributed by atoms with van der Waals surface area (Å²) in [5, 5.41) is 14.4. The first-order valence-electron chi connectivity index (χ1n) is 8.74. The number of pyridine rings is 1. The number of amides is 1. The third kappa shape index (κ3) is 3.00. The number of aliphatic carboxylic acids is 1. The fourth-order valence-electron chi connectivity index (χ4n) is 3.80. The number of aryl methyl sites for hydroxylation is 3. The summed E-state index contributed by atoms with van der Waals surface area (Å²) in [5.41, 5.74) is 3.59. The van der Waals surface area contributed by atoms with Crippen LogP contribution in [-0.2, 0) is 23.1 Å². The number of rotatable bonds is 5. The Balaban J connectivity index is 1.85. The molecule has 0 aliphatic carbocycles. The Morgan fingerprint density at radius 2 is 2.08 bits per heavy atom. The second-order valence-corrected chi connectivity index (χ2v) is 6.72. The van der Waals surface area contributed by atoms with Gasteiger partial charge in [-0.2, -0.15) is 0 Å². The summed E-state index contributed by atoms with van der Waals surface area (Å²) in [6, 6.07) is -0.691. The molecule has 1 amide bonds. The largest absolute Gasteiger partial charge is 0.480 e. The Morgan fingerprint density at radius 3 is 2.73 bits per heavy atom. The standard InChI is InChI=1S/C18H24N4O4/c1-10-12(7-8-14(23)22-9-5-6-13(22)18(24)25)11(2)19-16-15(10)17(26-4)20-21(16)3/h13H,5-9H2,1-4H3,(H,24,25). The van der Waals surface area contributed by atoms with Crippen LogP contribution in [-0.4, -0.2) is 56.3 Å². The molecule has 3 heterocycles. The van der Waals surface area contributed by atoms with E-state index in [1.54, 1.807) is 11.8 Å². The second-order valence-electron chi connectivity index (χ2n) is 6.72. The zero-order valence-corrected chi connectivity index (χ0v) is 15.6. The summed E-state index contributed by atoms with van der Waals surface area (Å²) in [5.74, 6) is -0.524. The van der Waals surface area contributed by atoms with Gasteiger partial charge in [-0.25, -0.2) is 14.5 Å². The zero-order valence-electron chi connectivity index (χ0n) is 15.6. The molecule has 1 saturated heterocycles. The van der Waals surface area contributed by atoms with E-state index in [0.717, 1.165) is 34.3 Å². The van der Waals surface area contributed by atoms with Crippen LogP contribution < -0.4 is 4.74 Å². The van der Waals surface area contributed by atoms with Gasteiger partial charge in [-0.15, -0.1) is 5.10 Å². The highest BCUT2D eigenvalue weighted by atomic mass is 16.5. The predicted molar refractivity (Wildman–Crippen MR) is 95.2 cm³/mol. The Morgan fingerprint density at radius 1 is 1.35 bits per heavy atom. The van der Waals surface area contributed by atoms with Crippen LogP contribution in [0.15, 0.2) is 0 Å². The summed E-state index contributed by atoms with van der Waals surface area (Å²) in [6.45, 7) is 4.42. The highest BCUT2D eigenvalue weighted by Crippen LogP contribution is 2.30. The van der Waals surface area contributed by atoms with Crippen LogP contribution in [0.1, 0.15) is 36.1 Å². The van der Waals surface area contributed by atoms with Crippen molar-refractivity contribution in [3.05, 3.63) is 16.8 Å². The summed E-state index contributed by atoms with van der Waals surface area (Å²) in [4.78, 5) is 30.0. The van der Waals surface area contributed by atoms with Gasteiger partial charge >= 0.3 is 5.97 Å². The molecule has 0 saturated carbocycles. The minimum atomic E-state index is -0.925. The molecule has 1 aliphatic rings. The van der Waals surface area contributed by atoms with Crippen LogP contribution in [0.25, 0.3) is 11.0 Å². The number of carboxylic acid groups (broad SMARTS) is 1. The first-order valence-corrected chi connectivity index (χ1v) is 8.74. The first-order chi connectivity index (χ1) is 12.3. The van der Waals surface area contributed by atoms with Crippen molar-refractivity contribution in [2.75, 3.05) is 13.7 Å².